The van der Waals surface area contributed by atoms with E-state index in [0.29, 0.717) is 5.56 Å². The van der Waals surface area contributed by atoms with E-state index in [1.807, 2.05) is 78.9 Å². The van der Waals surface area contributed by atoms with Crippen molar-refractivity contribution in [3.8, 4) is 17.0 Å². The average molecular weight is 433 g/mol. The minimum absolute atomic E-state index is 0.180. The number of rotatable bonds is 4. The number of anilines is 1. The Balaban J connectivity index is 1.80. The molecule has 0 aliphatic rings. The van der Waals surface area contributed by atoms with Crippen LogP contribution in [0.1, 0.15) is 10.4 Å². The topological polar surface area (TPSA) is 51.2 Å². The number of halogens is 1. The van der Waals surface area contributed by atoms with Crippen LogP contribution in [0.15, 0.2) is 83.3 Å². The van der Waals surface area contributed by atoms with Crippen LogP contribution in [-0.4, -0.2) is 18.0 Å². The van der Waals surface area contributed by atoms with Gasteiger partial charge in [0.1, 0.15) is 5.75 Å². The molecule has 1 amide bonds. The zero-order chi connectivity index (χ0) is 19.5. The lowest BCUT2D eigenvalue weighted by atomic mass is 10.0. The van der Waals surface area contributed by atoms with Gasteiger partial charge in [-0.3, -0.25) is 4.79 Å². The molecule has 0 fully saturated rings. The van der Waals surface area contributed by atoms with E-state index >= 15 is 0 Å². The number of aromatic nitrogens is 1. The number of carbonyl (C=O) groups excluding carboxylic acids is 1. The van der Waals surface area contributed by atoms with Crippen LogP contribution >= 0.6 is 15.9 Å². The first-order valence-corrected chi connectivity index (χ1v) is 9.55. The monoisotopic (exact) mass is 432 g/mol. The molecule has 1 N–H and O–H groups in total. The molecule has 5 heteroatoms. The van der Waals surface area contributed by atoms with E-state index in [-0.39, 0.29) is 5.91 Å². The molecule has 0 unspecified atom stereocenters. The first kappa shape index (κ1) is 18.2. The van der Waals surface area contributed by atoms with Crippen LogP contribution in [0.2, 0.25) is 0 Å². The van der Waals surface area contributed by atoms with Crippen molar-refractivity contribution in [3.63, 3.8) is 0 Å². The summed E-state index contributed by atoms with van der Waals surface area (Å²) in [6.07, 6.45) is 0. The average Bonchev–Trinajstić information content (AvgIpc) is 2.74. The van der Waals surface area contributed by atoms with Crippen molar-refractivity contribution in [2.75, 3.05) is 12.4 Å². The normalized spacial score (nSPS) is 10.6. The summed E-state index contributed by atoms with van der Waals surface area (Å²) in [5, 5.41) is 3.79. The van der Waals surface area contributed by atoms with Crippen molar-refractivity contribution in [2.24, 2.45) is 0 Å². The molecule has 0 aliphatic heterocycles. The molecule has 4 rings (SSSR count). The van der Waals surface area contributed by atoms with Gasteiger partial charge in [-0.05, 0) is 64.5 Å². The highest BCUT2D eigenvalue weighted by Crippen LogP contribution is 2.28. The lowest BCUT2D eigenvalue weighted by Gasteiger charge is -2.12. The van der Waals surface area contributed by atoms with E-state index in [1.54, 1.807) is 7.11 Å². The Kier molecular flexibility index (Phi) is 5.08. The first-order valence-electron chi connectivity index (χ1n) is 8.76. The Hall–Kier alpha value is -3.18. The maximum atomic E-state index is 13.1. The SMILES string of the molecule is COc1ccc(-c2cc(C(=O)Nc3ccccc3Br)c3ccccc3n2)cc1. The van der Waals surface area contributed by atoms with Gasteiger partial charge < -0.3 is 10.1 Å². The summed E-state index contributed by atoms with van der Waals surface area (Å²) in [6.45, 7) is 0. The van der Waals surface area contributed by atoms with E-state index in [9.17, 15) is 4.79 Å². The van der Waals surface area contributed by atoms with Gasteiger partial charge in [0.05, 0.1) is 29.6 Å². The first-order chi connectivity index (χ1) is 13.7. The number of para-hydroxylation sites is 2. The summed E-state index contributed by atoms with van der Waals surface area (Å²) >= 11 is 3.47. The number of methoxy groups -OCH3 is 1. The van der Waals surface area contributed by atoms with E-state index < -0.39 is 0 Å². The van der Waals surface area contributed by atoms with Crippen LogP contribution < -0.4 is 10.1 Å². The molecule has 0 aliphatic carbocycles. The number of hydrogen-bond acceptors (Lipinski definition) is 3. The minimum atomic E-state index is -0.180. The third kappa shape index (κ3) is 3.62. The highest BCUT2D eigenvalue weighted by atomic mass is 79.9. The molecule has 0 spiro atoms. The zero-order valence-electron chi connectivity index (χ0n) is 15.1. The van der Waals surface area contributed by atoms with Gasteiger partial charge in [-0.1, -0.05) is 30.3 Å². The molecule has 28 heavy (non-hydrogen) atoms. The Morgan fingerprint density at radius 3 is 2.43 bits per heavy atom. The summed E-state index contributed by atoms with van der Waals surface area (Å²) in [4.78, 5) is 17.8. The molecule has 0 saturated heterocycles. The van der Waals surface area contributed by atoms with Gasteiger partial charge in [-0.2, -0.15) is 0 Å². The summed E-state index contributed by atoms with van der Waals surface area (Å²) < 4.78 is 6.06. The van der Waals surface area contributed by atoms with Crippen LogP contribution in [-0.2, 0) is 0 Å². The van der Waals surface area contributed by atoms with Gasteiger partial charge >= 0.3 is 0 Å². The van der Waals surface area contributed by atoms with Crippen LogP contribution in [0.4, 0.5) is 5.69 Å². The highest BCUT2D eigenvalue weighted by Gasteiger charge is 2.15. The highest BCUT2D eigenvalue weighted by molar-refractivity contribution is 9.10. The molecular formula is C23H17BrN2O2. The van der Waals surface area contributed by atoms with Crippen LogP contribution in [0.5, 0.6) is 5.75 Å². The number of nitrogens with one attached hydrogen (secondary N) is 1. The summed E-state index contributed by atoms with van der Waals surface area (Å²) in [5.41, 5.74) is 3.72. The van der Waals surface area contributed by atoms with E-state index in [1.165, 1.54) is 0 Å². The molecule has 0 saturated carbocycles. The van der Waals surface area contributed by atoms with Crippen molar-refractivity contribution in [1.82, 2.24) is 4.98 Å². The predicted octanol–water partition coefficient (Wildman–Crippen LogP) is 5.93. The summed E-state index contributed by atoms with van der Waals surface area (Å²) in [5.74, 6) is 0.594. The molecule has 1 heterocycles. The number of hydrogen-bond donors (Lipinski definition) is 1. The smallest absolute Gasteiger partial charge is 0.256 e. The second kappa shape index (κ2) is 7.82. The molecule has 0 bridgehead atoms. The van der Waals surface area contributed by atoms with Gasteiger partial charge in [0, 0.05) is 15.4 Å². The Bertz CT molecular complexity index is 1160. The molecule has 138 valence electrons. The van der Waals surface area contributed by atoms with Crippen LogP contribution in [0, 0.1) is 0 Å². The fraction of sp³-hybridized carbons (Fsp3) is 0.0435. The number of nitrogens with zero attached hydrogens (tertiary/aromatic N) is 1. The molecule has 3 aromatic carbocycles. The molecule has 4 nitrogen and oxygen atoms in total. The maximum absolute atomic E-state index is 13.1. The van der Waals surface area contributed by atoms with E-state index in [2.05, 4.69) is 21.2 Å². The molecule has 0 atom stereocenters. The lowest BCUT2D eigenvalue weighted by molar-refractivity contribution is 0.102. The molecular weight excluding hydrogens is 416 g/mol. The predicted molar refractivity (Wildman–Crippen MR) is 116 cm³/mol. The molecule has 4 aromatic rings. The van der Waals surface area contributed by atoms with Crippen LogP contribution in [0.3, 0.4) is 0 Å². The Morgan fingerprint density at radius 1 is 0.964 bits per heavy atom. The minimum Gasteiger partial charge on any atom is -0.497 e. The standard InChI is InChI=1S/C23H17BrN2O2/c1-28-16-12-10-15(11-13-16)22-14-18(17-6-2-4-8-20(17)25-22)23(27)26-21-9-5-3-7-19(21)24/h2-14H,1H3,(H,26,27). The number of pyridine rings is 1. The number of benzene rings is 3. The fourth-order valence-corrected chi connectivity index (χ4v) is 3.41. The van der Waals surface area contributed by atoms with Crippen molar-refractivity contribution in [1.29, 1.82) is 0 Å². The number of carbonyl (C=O) groups is 1. The largest absolute Gasteiger partial charge is 0.497 e. The number of amides is 1. The van der Waals surface area contributed by atoms with Crippen LogP contribution in [0.25, 0.3) is 22.2 Å². The van der Waals surface area contributed by atoms with Gasteiger partial charge in [0.25, 0.3) is 5.91 Å². The molecule has 0 radical (unpaired) electrons. The number of ether oxygens (including phenoxy) is 1. The van der Waals surface area contributed by atoms with Crippen molar-refractivity contribution in [3.05, 3.63) is 88.9 Å². The summed E-state index contributed by atoms with van der Waals surface area (Å²) in [7, 11) is 1.63. The second-order valence-corrected chi connectivity index (χ2v) is 7.09. The van der Waals surface area contributed by atoms with E-state index in [0.717, 1.165) is 38.1 Å². The van der Waals surface area contributed by atoms with Gasteiger partial charge in [0.2, 0.25) is 0 Å². The fourth-order valence-electron chi connectivity index (χ4n) is 3.03. The van der Waals surface area contributed by atoms with Gasteiger partial charge in [-0.15, -0.1) is 0 Å². The Labute approximate surface area is 171 Å². The third-order valence-corrected chi connectivity index (χ3v) is 5.16. The van der Waals surface area contributed by atoms with Gasteiger partial charge in [0.15, 0.2) is 0 Å². The maximum Gasteiger partial charge on any atom is 0.256 e. The number of fused-ring (bicyclic) bond motifs is 1. The lowest BCUT2D eigenvalue weighted by Crippen LogP contribution is -2.13. The van der Waals surface area contributed by atoms with Crippen molar-refractivity contribution < 1.29 is 9.53 Å². The second-order valence-electron chi connectivity index (χ2n) is 6.23. The quantitative estimate of drug-likeness (QED) is 0.434. The summed E-state index contributed by atoms with van der Waals surface area (Å²) in [6, 6.07) is 24.7. The van der Waals surface area contributed by atoms with Crippen molar-refractivity contribution >= 4 is 38.4 Å². The third-order valence-electron chi connectivity index (χ3n) is 4.47. The van der Waals surface area contributed by atoms with Crippen molar-refractivity contribution in [2.45, 2.75) is 0 Å². The zero-order valence-corrected chi connectivity index (χ0v) is 16.7. The van der Waals surface area contributed by atoms with Gasteiger partial charge in [-0.25, -0.2) is 4.98 Å². The van der Waals surface area contributed by atoms with E-state index in [4.69, 9.17) is 9.72 Å². The molecule has 1 aromatic heterocycles. The Morgan fingerprint density at radius 2 is 1.68 bits per heavy atom.